The first kappa shape index (κ1) is 13.4. The fourth-order valence-corrected chi connectivity index (χ4v) is 1.66. The Balaban J connectivity index is 2.19. The lowest BCUT2D eigenvalue weighted by Gasteiger charge is -2.14. The normalized spacial score (nSPS) is 11.6. The molecule has 0 aliphatic carbocycles. The summed E-state index contributed by atoms with van der Waals surface area (Å²) >= 11 is 0. The van der Waals surface area contributed by atoms with Gasteiger partial charge in [0.15, 0.2) is 5.82 Å². The molecule has 7 heteroatoms. The van der Waals surface area contributed by atoms with E-state index in [0.717, 1.165) is 6.07 Å². The molecule has 1 heterocycles. The highest BCUT2D eigenvalue weighted by Crippen LogP contribution is 2.34. The SMILES string of the molecule is Cc1nnc(CNc2ccccc2C(F)(F)F)n1C. The number of anilines is 1. The predicted octanol–water partition coefficient (Wildman–Crippen LogP) is 2.75. The zero-order chi connectivity index (χ0) is 14.0. The van der Waals surface area contributed by atoms with Crippen LogP contribution in [-0.2, 0) is 19.8 Å². The molecular weight excluding hydrogens is 257 g/mol. The molecule has 0 saturated carbocycles. The van der Waals surface area contributed by atoms with E-state index < -0.39 is 11.7 Å². The largest absolute Gasteiger partial charge is 0.418 e. The van der Waals surface area contributed by atoms with Crippen molar-refractivity contribution in [3.8, 4) is 0 Å². The molecular formula is C12H13F3N4. The minimum Gasteiger partial charge on any atom is -0.377 e. The van der Waals surface area contributed by atoms with E-state index in [1.807, 2.05) is 0 Å². The molecule has 1 aromatic carbocycles. The third kappa shape index (κ3) is 2.86. The number of halogens is 3. The van der Waals surface area contributed by atoms with Gasteiger partial charge in [0.2, 0.25) is 0 Å². The van der Waals surface area contributed by atoms with Crippen LogP contribution in [0.4, 0.5) is 18.9 Å². The van der Waals surface area contributed by atoms with E-state index >= 15 is 0 Å². The van der Waals surface area contributed by atoms with Crippen molar-refractivity contribution in [3.05, 3.63) is 41.5 Å². The maximum Gasteiger partial charge on any atom is 0.418 e. The van der Waals surface area contributed by atoms with E-state index in [9.17, 15) is 13.2 Å². The number of hydrogen-bond acceptors (Lipinski definition) is 3. The van der Waals surface area contributed by atoms with Gasteiger partial charge in [0, 0.05) is 12.7 Å². The summed E-state index contributed by atoms with van der Waals surface area (Å²) in [5.41, 5.74) is -0.649. The third-order valence-electron chi connectivity index (χ3n) is 2.85. The fraction of sp³-hybridized carbons (Fsp3) is 0.333. The van der Waals surface area contributed by atoms with Crippen LogP contribution in [0, 0.1) is 6.92 Å². The van der Waals surface area contributed by atoms with E-state index in [0.29, 0.717) is 11.6 Å². The predicted molar refractivity (Wildman–Crippen MR) is 64.5 cm³/mol. The Hall–Kier alpha value is -2.05. The van der Waals surface area contributed by atoms with Crippen LogP contribution in [-0.4, -0.2) is 14.8 Å². The number of benzene rings is 1. The van der Waals surface area contributed by atoms with Crippen LogP contribution in [0.25, 0.3) is 0 Å². The minimum atomic E-state index is -4.38. The van der Waals surface area contributed by atoms with Crippen molar-refractivity contribution < 1.29 is 13.2 Å². The Bertz CT molecular complexity index is 575. The number of alkyl halides is 3. The van der Waals surface area contributed by atoms with Gasteiger partial charge >= 0.3 is 6.18 Å². The summed E-state index contributed by atoms with van der Waals surface area (Å²) in [5, 5.41) is 10.5. The van der Waals surface area contributed by atoms with Crippen molar-refractivity contribution in [1.82, 2.24) is 14.8 Å². The summed E-state index contributed by atoms with van der Waals surface area (Å²) < 4.78 is 40.1. The lowest BCUT2D eigenvalue weighted by atomic mass is 10.1. The summed E-state index contributed by atoms with van der Waals surface area (Å²) in [6.45, 7) is 1.96. The molecule has 0 spiro atoms. The highest BCUT2D eigenvalue weighted by atomic mass is 19.4. The Morgan fingerprint density at radius 1 is 1.21 bits per heavy atom. The standard InChI is InChI=1S/C12H13F3N4/c1-8-17-18-11(19(8)2)7-16-10-6-4-3-5-9(10)12(13,14)15/h3-6,16H,7H2,1-2H3. The molecule has 1 aromatic heterocycles. The molecule has 0 radical (unpaired) electrons. The fourth-order valence-electron chi connectivity index (χ4n) is 1.66. The van der Waals surface area contributed by atoms with Crippen LogP contribution in [0.1, 0.15) is 17.2 Å². The molecule has 0 saturated heterocycles. The topological polar surface area (TPSA) is 42.7 Å². The highest BCUT2D eigenvalue weighted by Gasteiger charge is 2.33. The number of aryl methyl sites for hydroxylation is 1. The summed E-state index contributed by atoms with van der Waals surface area (Å²) in [4.78, 5) is 0. The molecule has 0 fully saturated rings. The van der Waals surface area contributed by atoms with Crippen molar-refractivity contribution in [3.63, 3.8) is 0 Å². The summed E-state index contributed by atoms with van der Waals surface area (Å²) in [6, 6.07) is 5.36. The molecule has 2 rings (SSSR count). The van der Waals surface area contributed by atoms with Gasteiger partial charge in [-0.3, -0.25) is 0 Å². The van der Waals surface area contributed by atoms with E-state index in [4.69, 9.17) is 0 Å². The first-order valence-electron chi connectivity index (χ1n) is 5.64. The quantitative estimate of drug-likeness (QED) is 0.932. The maximum absolute atomic E-state index is 12.8. The van der Waals surface area contributed by atoms with Crippen molar-refractivity contribution in [2.45, 2.75) is 19.6 Å². The maximum atomic E-state index is 12.8. The molecule has 0 bridgehead atoms. The lowest BCUT2D eigenvalue weighted by molar-refractivity contribution is -0.137. The number of nitrogens with zero attached hydrogens (tertiary/aromatic N) is 3. The van der Waals surface area contributed by atoms with Gasteiger partial charge in [-0.1, -0.05) is 12.1 Å². The van der Waals surface area contributed by atoms with Crippen molar-refractivity contribution >= 4 is 5.69 Å². The molecule has 0 aliphatic heterocycles. The average molecular weight is 270 g/mol. The zero-order valence-corrected chi connectivity index (χ0v) is 10.5. The third-order valence-corrected chi connectivity index (χ3v) is 2.85. The van der Waals surface area contributed by atoms with Gasteiger partial charge in [0.25, 0.3) is 0 Å². The van der Waals surface area contributed by atoms with E-state index in [1.54, 1.807) is 24.6 Å². The number of para-hydroxylation sites is 1. The molecule has 2 aromatic rings. The molecule has 1 N–H and O–H groups in total. The smallest absolute Gasteiger partial charge is 0.377 e. The second-order valence-electron chi connectivity index (χ2n) is 4.12. The van der Waals surface area contributed by atoms with E-state index in [1.165, 1.54) is 12.1 Å². The van der Waals surface area contributed by atoms with Gasteiger partial charge < -0.3 is 9.88 Å². The Kier molecular flexibility index (Phi) is 3.46. The van der Waals surface area contributed by atoms with Crippen molar-refractivity contribution in [2.24, 2.45) is 7.05 Å². The van der Waals surface area contributed by atoms with Crippen LogP contribution >= 0.6 is 0 Å². The second kappa shape index (κ2) is 4.91. The lowest BCUT2D eigenvalue weighted by Crippen LogP contribution is -2.12. The van der Waals surface area contributed by atoms with Crippen LogP contribution in [0.2, 0.25) is 0 Å². The molecule has 0 amide bonds. The van der Waals surface area contributed by atoms with Gasteiger partial charge in [-0.05, 0) is 19.1 Å². The van der Waals surface area contributed by atoms with Gasteiger partial charge in [-0.25, -0.2) is 0 Å². The number of aromatic nitrogens is 3. The van der Waals surface area contributed by atoms with Gasteiger partial charge in [0.05, 0.1) is 12.1 Å². The molecule has 19 heavy (non-hydrogen) atoms. The number of hydrogen-bond donors (Lipinski definition) is 1. The van der Waals surface area contributed by atoms with E-state index in [-0.39, 0.29) is 12.2 Å². The van der Waals surface area contributed by atoms with Gasteiger partial charge in [-0.15, -0.1) is 10.2 Å². The van der Waals surface area contributed by atoms with E-state index in [2.05, 4.69) is 15.5 Å². The highest BCUT2D eigenvalue weighted by molar-refractivity contribution is 5.52. The van der Waals surface area contributed by atoms with Crippen LogP contribution in [0.5, 0.6) is 0 Å². The Morgan fingerprint density at radius 3 is 2.47 bits per heavy atom. The first-order valence-corrected chi connectivity index (χ1v) is 5.64. The van der Waals surface area contributed by atoms with Crippen molar-refractivity contribution in [2.75, 3.05) is 5.32 Å². The number of rotatable bonds is 3. The molecule has 0 unspecified atom stereocenters. The zero-order valence-electron chi connectivity index (χ0n) is 10.5. The minimum absolute atomic E-state index is 0.0376. The van der Waals surface area contributed by atoms with Crippen LogP contribution in [0.3, 0.4) is 0 Å². The van der Waals surface area contributed by atoms with Crippen LogP contribution in [0.15, 0.2) is 24.3 Å². The molecule has 0 atom stereocenters. The number of nitrogens with one attached hydrogen (secondary N) is 1. The van der Waals surface area contributed by atoms with Crippen molar-refractivity contribution in [1.29, 1.82) is 0 Å². The van der Waals surface area contributed by atoms with Gasteiger partial charge in [-0.2, -0.15) is 13.2 Å². The Labute approximate surface area is 108 Å². The second-order valence-corrected chi connectivity index (χ2v) is 4.12. The summed E-state index contributed by atoms with van der Waals surface area (Å²) in [7, 11) is 1.77. The summed E-state index contributed by atoms with van der Waals surface area (Å²) in [5.74, 6) is 1.29. The average Bonchev–Trinajstić information content (AvgIpc) is 2.67. The van der Waals surface area contributed by atoms with Crippen LogP contribution < -0.4 is 5.32 Å². The van der Waals surface area contributed by atoms with Gasteiger partial charge in [0.1, 0.15) is 5.82 Å². The monoisotopic (exact) mass is 270 g/mol. The first-order chi connectivity index (χ1) is 8.89. The molecule has 102 valence electrons. The Morgan fingerprint density at radius 2 is 1.89 bits per heavy atom. The molecule has 0 aliphatic rings. The molecule has 4 nitrogen and oxygen atoms in total. The summed E-state index contributed by atoms with van der Waals surface area (Å²) in [6.07, 6.45) is -4.38.